The number of hydrogen-bond acceptors (Lipinski definition) is 6. The van der Waals surface area contributed by atoms with Gasteiger partial charge in [0.05, 0.1) is 13.7 Å². The van der Waals surface area contributed by atoms with Gasteiger partial charge in [-0.15, -0.1) is 5.10 Å². The minimum Gasteiger partial charge on any atom is -0.497 e. The number of nitrogens with one attached hydrogen (secondary N) is 2. The number of benzene rings is 2. The Hall–Kier alpha value is -3.55. The molecule has 8 nitrogen and oxygen atoms in total. The zero-order valence-electron chi connectivity index (χ0n) is 13.4. The third-order valence-corrected chi connectivity index (χ3v) is 3.57. The number of H-pyrrole nitrogens is 1. The number of carbonyl (C=O) groups is 2. The van der Waals surface area contributed by atoms with Crippen LogP contribution in [-0.2, 0) is 0 Å². The molecule has 25 heavy (non-hydrogen) atoms. The highest BCUT2D eigenvalue weighted by Gasteiger charge is 2.11. The predicted molar refractivity (Wildman–Crippen MR) is 89.3 cm³/mol. The molecule has 0 saturated heterocycles. The third-order valence-electron chi connectivity index (χ3n) is 3.57. The Morgan fingerprint density at radius 2 is 1.92 bits per heavy atom. The smallest absolute Gasteiger partial charge is 0.251 e. The van der Waals surface area contributed by atoms with E-state index in [1.807, 2.05) is 0 Å². The number of hydrogen-bond donors (Lipinski definition) is 2. The summed E-state index contributed by atoms with van der Waals surface area (Å²) in [6.45, 7) is -0.0980. The van der Waals surface area contributed by atoms with E-state index >= 15 is 0 Å². The number of aromatic nitrogens is 4. The molecule has 0 aliphatic carbocycles. The maximum atomic E-state index is 12.3. The first kappa shape index (κ1) is 16.3. The molecule has 0 atom stereocenters. The largest absolute Gasteiger partial charge is 0.497 e. The standard InChI is InChI=1S/C17H15N5O3/c1-25-14-7-5-11(6-8-14)15(23)10-18-17(24)13-4-2-3-12(9-13)16-19-21-22-20-16/h2-9H,10H2,1H3,(H,18,24)(H,19,20,21,22). The average Bonchev–Trinajstić information content (AvgIpc) is 3.21. The molecule has 0 spiro atoms. The van der Waals surface area contributed by atoms with Gasteiger partial charge in [-0.05, 0) is 46.8 Å². The fraction of sp³-hybridized carbons (Fsp3) is 0.118. The first-order chi connectivity index (χ1) is 12.2. The van der Waals surface area contributed by atoms with Crippen LogP contribution in [0.25, 0.3) is 11.4 Å². The summed E-state index contributed by atoms with van der Waals surface area (Å²) in [7, 11) is 1.56. The fourth-order valence-electron chi connectivity index (χ4n) is 2.23. The van der Waals surface area contributed by atoms with E-state index < -0.39 is 0 Å². The van der Waals surface area contributed by atoms with Gasteiger partial charge in [0.25, 0.3) is 5.91 Å². The minimum atomic E-state index is -0.351. The normalized spacial score (nSPS) is 10.3. The highest BCUT2D eigenvalue weighted by molar-refractivity contribution is 6.02. The van der Waals surface area contributed by atoms with E-state index in [1.54, 1.807) is 55.6 Å². The van der Waals surface area contributed by atoms with Crippen molar-refractivity contribution in [2.45, 2.75) is 0 Å². The van der Waals surface area contributed by atoms with Crippen LogP contribution in [0.3, 0.4) is 0 Å². The molecular formula is C17H15N5O3. The number of ketones is 1. The van der Waals surface area contributed by atoms with Gasteiger partial charge in [0.2, 0.25) is 0 Å². The number of methoxy groups -OCH3 is 1. The summed E-state index contributed by atoms with van der Waals surface area (Å²) in [5, 5.41) is 16.1. The predicted octanol–water partition coefficient (Wildman–Crippen LogP) is 1.49. The molecule has 1 heterocycles. The number of amides is 1. The molecule has 0 bridgehead atoms. The maximum absolute atomic E-state index is 12.3. The number of rotatable bonds is 6. The summed E-state index contributed by atoms with van der Waals surface area (Å²) in [4.78, 5) is 24.4. The van der Waals surface area contributed by atoms with Gasteiger partial charge in [-0.25, -0.2) is 5.10 Å². The topological polar surface area (TPSA) is 110 Å². The SMILES string of the molecule is COc1ccc(C(=O)CNC(=O)c2cccc(-c3nnn[nH]3)c2)cc1. The van der Waals surface area contributed by atoms with Gasteiger partial charge in [-0.3, -0.25) is 9.59 Å². The van der Waals surface area contributed by atoms with Crippen LogP contribution < -0.4 is 10.1 Å². The summed E-state index contributed by atoms with van der Waals surface area (Å²) in [5.74, 6) is 0.589. The van der Waals surface area contributed by atoms with E-state index in [0.717, 1.165) is 0 Å². The van der Waals surface area contributed by atoms with Crippen molar-refractivity contribution in [3.63, 3.8) is 0 Å². The van der Waals surface area contributed by atoms with Crippen molar-refractivity contribution in [1.82, 2.24) is 25.9 Å². The molecule has 0 aliphatic heterocycles. The molecule has 0 fully saturated rings. The van der Waals surface area contributed by atoms with Crippen LogP contribution >= 0.6 is 0 Å². The summed E-state index contributed by atoms with van der Waals surface area (Å²) in [6.07, 6.45) is 0. The van der Waals surface area contributed by atoms with Crippen molar-refractivity contribution in [3.8, 4) is 17.1 Å². The molecule has 2 aromatic carbocycles. The van der Waals surface area contributed by atoms with Crippen molar-refractivity contribution in [3.05, 3.63) is 59.7 Å². The number of Topliss-reactive ketones (excluding diaryl/α,β-unsaturated/α-hetero) is 1. The second-order valence-electron chi connectivity index (χ2n) is 5.17. The summed E-state index contributed by atoms with van der Waals surface area (Å²) >= 11 is 0. The van der Waals surface area contributed by atoms with E-state index in [4.69, 9.17) is 4.74 Å². The number of carbonyl (C=O) groups excluding carboxylic acids is 2. The van der Waals surface area contributed by atoms with Crippen molar-refractivity contribution < 1.29 is 14.3 Å². The van der Waals surface area contributed by atoms with Crippen LogP contribution in [0.1, 0.15) is 20.7 Å². The van der Waals surface area contributed by atoms with Crippen LogP contribution in [0, 0.1) is 0 Å². The van der Waals surface area contributed by atoms with Crippen LogP contribution in [0.2, 0.25) is 0 Å². The van der Waals surface area contributed by atoms with E-state index in [2.05, 4.69) is 25.9 Å². The van der Waals surface area contributed by atoms with Crippen LogP contribution in [-0.4, -0.2) is 46.0 Å². The second-order valence-corrected chi connectivity index (χ2v) is 5.17. The van der Waals surface area contributed by atoms with Crippen molar-refractivity contribution in [2.24, 2.45) is 0 Å². The molecule has 2 N–H and O–H groups in total. The molecule has 3 aromatic rings. The minimum absolute atomic E-state index is 0.0980. The Balaban J connectivity index is 1.64. The lowest BCUT2D eigenvalue weighted by molar-refractivity contribution is 0.0904. The molecule has 8 heteroatoms. The van der Waals surface area contributed by atoms with E-state index in [0.29, 0.717) is 28.3 Å². The van der Waals surface area contributed by atoms with Gasteiger partial charge < -0.3 is 10.1 Å². The lowest BCUT2D eigenvalue weighted by atomic mass is 10.1. The van der Waals surface area contributed by atoms with E-state index in [9.17, 15) is 9.59 Å². The highest BCUT2D eigenvalue weighted by Crippen LogP contribution is 2.15. The van der Waals surface area contributed by atoms with Gasteiger partial charge in [-0.1, -0.05) is 12.1 Å². The van der Waals surface area contributed by atoms with Crippen molar-refractivity contribution >= 4 is 11.7 Å². The third kappa shape index (κ3) is 3.86. The Kier molecular flexibility index (Phi) is 4.79. The summed E-state index contributed by atoms with van der Waals surface area (Å²) in [5.41, 5.74) is 1.60. The van der Waals surface area contributed by atoms with Gasteiger partial charge in [0.15, 0.2) is 11.6 Å². The van der Waals surface area contributed by atoms with Gasteiger partial charge in [0, 0.05) is 16.7 Å². The molecule has 1 aromatic heterocycles. The molecular weight excluding hydrogens is 322 g/mol. The van der Waals surface area contributed by atoms with Crippen LogP contribution in [0.4, 0.5) is 0 Å². The first-order valence-electron chi connectivity index (χ1n) is 7.47. The maximum Gasteiger partial charge on any atom is 0.251 e. The van der Waals surface area contributed by atoms with E-state index in [1.165, 1.54) is 0 Å². The number of aromatic amines is 1. The van der Waals surface area contributed by atoms with Crippen molar-refractivity contribution in [1.29, 1.82) is 0 Å². The highest BCUT2D eigenvalue weighted by atomic mass is 16.5. The molecule has 0 aliphatic rings. The fourth-order valence-corrected chi connectivity index (χ4v) is 2.23. The Morgan fingerprint density at radius 3 is 2.60 bits per heavy atom. The van der Waals surface area contributed by atoms with Gasteiger partial charge in [0.1, 0.15) is 5.75 Å². The summed E-state index contributed by atoms with van der Waals surface area (Å²) in [6, 6.07) is 13.5. The first-order valence-corrected chi connectivity index (χ1v) is 7.47. The Morgan fingerprint density at radius 1 is 1.12 bits per heavy atom. The number of nitrogens with zero attached hydrogens (tertiary/aromatic N) is 3. The quantitative estimate of drug-likeness (QED) is 0.660. The zero-order chi connectivity index (χ0) is 17.6. The summed E-state index contributed by atoms with van der Waals surface area (Å²) < 4.78 is 5.05. The lowest BCUT2D eigenvalue weighted by Crippen LogP contribution is -2.29. The number of tetrazole rings is 1. The van der Waals surface area contributed by atoms with Crippen LogP contribution in [0.15, 0.2) is 48.5 Å². The molecule has 0 radical (unpaired) electrons. The van der Waals surface area contributed by atoms with Gasteiger partial charge >= 0.3 is 0 Å². The average molecular weight is 337 g/mol. The molecule has 3 rings (SSSR count). The Bertz CT molecular complexity index is 876. The molecule has 0 unspecified atom stereocenters. The van der Waals surface area contributed by atoms with Gasteiger partial charge in [-0.2, -0.15) is 0 Å². The Labute approximate surface area is 143 Å². The molecule has 1 amide bonds. The zero-order valence-corrected chi connectivity index (χ0v) is 13.4. The number of ether oxygens (including phenoxy) is 1. The monoisotopic (exact) mass is 337 g/mol. The lowest BCUT2D eigenvalue weighted by Gasteiger charge is -2.06. The second kappa shape index (κ2) is 7.35. The molecule has 126 valence electrons. The van der Waals surface area contributed by atoms with Crippen LogP contribution in [0.5, 0.6) is 5.75 Å². The molecule has 0 saturated carbocycles. The van der Waals surface area contributed by atoms with E-state index in [-0.39, 0.29) is 18.2 Å². The van der Waals surface area contributed by atoms with Crippen molar-refractivity contribution in [2.75, 3.05) is 13.7 Å².